The fraction of sp³-hybridized carbons (Fsp3) is 0.600. The van der Waals surface area contributed by atoms with E-state index in [1.807, 2.05) is 39.0 Å². The molecule has 0 saturated carbocycles. The molecule has 1 aliphatic rings. The van der Waals surface area contributed by atoms with E-state index < -0.39 is 6.04 Å². The van der Waals surface area contributed by atoms with Crippen molar-refractivity contribution in [3.63, 3.8) is 0 Å². The van der Waals surface area contributed by atoms with E-state index in [4.69, 9.17) is 0 Å². The standard InChI is InChI=1S/C20H31N3O2/c1-14(2)17(23-18(24)16-8-6-5-7-15(16)3)19(25)22-13-20(4)9-11-21-12-10-20/h5-8,14,17,21H,9-13H2,1-4H3,(H,22,25)(H,23,24). The number of rotatable bonds is 6. The van der Waals surface area contributed by atoms with Gasteiger partial charge in [0, 0.05) is 12.1 Å². The molecule has 3 N–H and O–H groups in total. The highest BCUT2D eigenvalue weighted by Crippen LogP contribution is 2.26. The molecule has 2 amide bonds. The summed E-state index contributed by atoms with van der Waals surface area (Å²) in [6, 6.07) is 6.90. The molecule has 0 bridgehead atoms. The normalized spacial score (nSPS) is 17.8. The Hall–Kier alpha value is -1.88. The maximum atomic E-state index is 12.7. The van der Waals surface area contributed by atoms with Crippen LogP contribution in [0.3, 0.4) is 0 Å². The molecule has 0 aromatic heterocycles. The van der Waals surface area contributed by atoms with Crippen LogP contribution in [-0.2, 0) is 4.79 Å². The first-order valence-corrected chi connectivity index (χ1v) is 9.17. The lowest BCUT2D eigenvalue weighted by molar-refractivity contribution is -0.124. The average molecular weight is 345 g/mol. The molecule has 1 aromatic carbocycles. The third-order valence-corrected chi connectivity index (χ3v) is 5.13. The molecule has 138 valence electrons. The third-order valence-electron chi connectivity index (χ3n) is 5.13. The van der Waals surface area contributed by atoms with E-state index >= 15 is 0 Å². The minimum atomic E-state index is -0.530. The van der Waals surface area contributed by atoms with Crippen molar-refractivity contribution in [3.8, 4) is 0 Å². The topological polar surface area (TPSA) is 70.2 Å². The average Bonchev–Trinajstić information content (AvgIpc) is 2.58. The molecule has 5 heteroatoms. The summed E-state index contributed by atoms with van der Waals surface area (Å²) in [5.74, 6) is -0.273. The number of hydrogen-bond donors (Lipinski definition) is 3. The van der Waals surface area contributed by atoms with Gasteiger partial charge in [0.1, 0.15) is 6.04 Å². The largest absolute Gasteiger partial charge is 0.354 e. The van der Waals surface area contributed by atoms with Crippen molar-refractivity contribution in [2.45, 2.75) is 46.6 Å². The lowest BCUT2D eigenvalue weighted by Crippen LogP contribution is -2.52. The van der Waals surface area contributed by atoms with Gasteiger partial charge >= 0.3 is 0 Å². The molecule has 1 unspecified atom stereocenters. The van der Waals surface area contributed by atoms with Crippen molar-refractivity contribution >= 4 is 11.8 Å². The van der Waals surface area contributed by atoms with E-state index in [1.165, 1.54) is 0 Å². The van der Waals surface area contributed by atoms with Gasteiger partial charge in [-0.3, -0.25) is 9.59 Å². The van der Waals surface area contributed by atoms with E-state index in [0.29, 0.717) is 12.1 Å². The summed E-state index contributed by atoms with van der Waals surface area (Å²) in [7, 11) is 0. The van der Waals surface area contributed by atoms with Crippen molar-refractivity contribution in [1.29, 1.82) is 0 Å². The Morgan fingerprint density at radius 2 is 1.84 bits per heavy atom. The van der Waals surface area contributed by atoms with Crippen LogP contribution in [0.25, 0.3) is 0 Å². The van der Waals surface area contributed by atoms with Crippen LogP contribution in [0.1, 0.15) is 49.5 Å². The highest BCUT2D eigenvalue weighted by atomic mass is 16.2. The second-order valence-corrected chi connectivity index (χ2v) is 7.79. The minimum absolute atomic E-state index is 0.0220. The molecule has 0 aliphatic carbocycles. The van der Waals surface area contributed by atoms with Gasteiger partial charge in [-0.05, 0) is 55.8 Å². The molecule has 1 aromatic rings. The lowest BCUT2D eigenvalue weighted by atomic mass is 9.81. The van der Waals surface area contributed by atoms with Crippen molar-refractivity contribution in [1.82, 2.24) is 16.0 Å². The first kappa shape index (κ1) is 19.4. The molecule has 1 atom stereocenters. The summed E-state index contributed by atoms with van der Waals surface area (Å²) in [6.45, 7) is 10.6. The zero-order chi connectivity index (χ0) is 18.4. The molecule has 1 saturated heterocycles. The Kier molecular flexibility index (Phi) is 6.59. The van der Waals surface area contributed by atoms with Gasteiger partial charge in [-0.15, -0.1) is 0 Å². The van der Waals surface area contributed by atoms with Crippen LogP contribution in [-0.4, -0.2) is 37.5 Å². The van der Waals surface area contributed by atoms with Crippen LogP contribution in [0.15, 0.2) is 24.3 Å². The van der Waals surface area contributed by atoms with Gasteiger partial charge in [-0.25, -0.2) is 0 Å². The molecule has 0 radical (unpaired) electrons. The maximum Gasteiger partial charge on any atom is 0.252 e. The Morgan fingerprint density at radius 3 is 2.44 bits per heavy atom. The Balaban J connectivity index is 1.98. The van der Waals surface area contributed by atoms with Gasteiger partial charge in [-0.1, -0.05) is 39.0 Å². The Morgan fingerprint density at radius 1 is 1.20 bits per heavy atom. The fourth-order valence-corrected chi connectivity index (χ4v) is 3.20. The summed E-state index contributed by atoms with van der Waals surface area (Å²) in [5.41, 5.74) is 1.65. The first-order chi connectivity index (χ1) is 11.8. The van der Waals surface area contributed by atoms with Crippen molar-refractivity contribution in [2.24, 2.45) is 11.3 Å². The predicted octanol–water partition coefficient (Wildman–Crippen LogP) is 2.26. The Labute approximate surface area is 151 Å². The van der Waals surface area contributed by atoms with E-state index in [2.05, 4.69) is 22.9 Å². The zero-order valence-corrected chi connectivity index (χ0v) is 15.8. The SMILES string of the molecule is Cc1ccccc1C(=O)NC(C(=O)NCC1(C)CCNCC1)C(C)C. The molecule has 1 aliphatic heterocycles. The highest BCUT2D eigenvalue weighted by molar-refractivity contribution is 5.98. The summed E-state index contributed by atoms with van der Waals surface area (Å²) < 4.78 is 0. The number of aryl methyl sites for hydroxylation is 1. The number of piperidine rings is 1. The van der Waals surface area contributed by atoms with Crippen molar-refractivity contribution in [3.05, 3.63) is 35.4 Å². The fourth-order valence-electron chi connectivity index (χ4n) is 3.20. The van der Waals surface area contributed by atoms with Crippen LogP contribution in [0.5, 0.6) is 0 Å². The van der Waals surface area contributed by atoms with E-state index in [1.54, 1.807) is 6.07 Å². The van der Waals surface area contributed by atoms with Gasteiger partial charge in [0.05, 0.1) is 0 Å². The van der Waals surface area contributed by atoms with Crippen LogP contribution in [0.2, 0.25) is 0 Å². The van der Waals surface area contributed by atoms with Gasteiger partial charge in [-0.2, -0.15) is 0 Å². The second-order valence-electron chi connectivity index (χ2n) is 7.79. The summed E-state index contributed by atoms with van der Waals surface area (Å²) in [4.78, 5) is 25.2. The third kappa shape index (κ3) is 5.30. The number of nitrogens with one attached hydrogen (secondary N) is 3. The van der Waals surface area contributed by atoms with Crippen LogP contribution in [0.4, 0.5) is 0 Å². The Bertz CT molecular complexity index is 607. The van der Waals surface area contributed by atoms with E-state index in [0.717, 1.165) is 31.5 Å². The predicted molar refractivity (Wildman–Crippen MR) is 100 cm³/mol. The van der Waals surface area contributed by atoms with Crippen molar-refractivity contribution in [2.75, 3.05) is 19.6 Å². The summed E-state index contributed by atoms with van der Waals surface area (Å²) >= 11 is 0. The first-order valence-electron chi connectivity index (χ1n) is 9.17. The molecular formula is C20H31N3O2. The summed E-state index contributed by atoms with van der Waals surface area (Å²) in [6.07, 6.45) is 2.10. The molecule has 1 heterocycles. The van der Waals surface area contributed by atoms with Gasteiger partial charge in [0.2, 0.25) is 5.91 Å². The molecule has 5 nitrogen and oxygen atoms in total. The number of carbonyl (C=O) groups excluding carboxylic acids is 2. The van der Waals surface area contributed by atoms with Crippen LogP contribution in [0, 0.1) is 18.3 Å². The molecule has 25 heavy (non-hydrogen) atoms. The zero-order valence-electron chi connectivity index (χ0n) is 15.8. The molecular weight excluding hydrogens is 314 g/mol. The monoisotopic (exact) mass is 345 g/mol. The molecule has 2 rings (SSSR count). The van der Waals surface area contributed by atoms with E-state index in [-0.39, 0.29) is 23.1 Å². The number of amides is 2. The van der Waals surface area contributed by atoms with Crippen LogP contribution >= 0.6 is 0 Å². The van der Waals surface area contributed by atoms with Gasteiger partial charge < -0.3 is 16.0 Å². The number of carbonyl (C=O) groups is 2. The van der Waals surface area contributed by atoms with E-state index in [9.17, 15) is 9.59 Å². The maximum absolute atomic E-state index is 12.7. The smallest absolute Gasteiger partial charge is 0.252 e. The molecule has 1 fully saturated rings. The highest BCUT2D eigenvalue weighted by Gasteiger charge is 2.30. The number of hydrogen-bond acceptors (Lipinski definition) is 3. The van der Waals surface area contributed by atoms with Gasteiger partial charge in [0.15, 0.2) is 0 Å². The van der Waals surface area contributed by atoms with Crippen LogP contribution < -0.4 is 16.0 Å². The molecule has 0 spiro atoms. The minimum Gasteiger partial charge on any atom is -0.354 e. The summed E-state index contributed by atoms with van der Waals surface area (Å²) in [5, 5.41) is 9.32. The quantitative estimate of drug-likeness (QED) is 0.741. The van der Waals surface area contributed by atoms with Gasteiger partial charge in [0.25, 0.3) is 5.91 Å². The number of benzene rings is 1. The lowest BCUT2D eigenvalue weighted by Gasteiger charge is -2.35. The second kappa shape index (κ2) is 8.48. The van der Waals surface area contributed by atoms with Crippen molar-refractivity contribution < 1.29 is 9.59 Å².